The second-order valence-electron chi connectivity index (χ2n) is 4.21. The molecule has 19 heavy (non-hydrogen) atoms. The van der Waals surface area contributed by atoms with E-state index in [0.717, 1.165) is 16.3 Å². The van der Waals surface area contributed by atoms with Crippen LogP contribution in [0, 0.1) is 6.92 Å². The van der Waals surface area contributed by atoms with Crippen molar-refractivity contribution in [2.75, 3.05) is 0 Å². The topological polar surface area (TPSA) is 72.4 Å². The highest BCUT2D eigenvalue weighted by molar-refractivity contribution is 7.15. The van der Waals surface area contributed by atoms with Crippen LogP contribution in [-0.4, -0.2) is 20.4 Å². The highest BCUT2D eigenvalue weighted by Gasteiger charge is 2.09. The Bertz CT molecular complexity index is 684. The Kier molecular flexibility index (Phi) is 3.04. The minimum Gasteiger partial charge on any atom is -0.359 e. The van der Waals surface area contributed by atoms with Gasteiger partial charge in [-0.05, 0) is 6.92 Å². The van der Waals surface area contributed by atoms with E-state index in [4.69, 9.17) is 4.52 Å². The smallest absolute Gasteiger partial charge is 0.226 e. The van der Waals surface area contributed by atoms with Crippen LogP contribution in [0.5, 0.6) is 0 Å². The number of carbonyl (C=O) groups is 1. The molecule has 1 N–H and O–H groups in total. The quantitative estimate of drug-likeness (QED) is 0.784. The molecule has 3 heterocycles. The molecule has 98 valence electrons. The van der Waals surface area contributed by atoms with E-state index in [1.807, 2.05) is 29.1 Å². The first kappa shape index (κ1) is 11.9. The predicted octanol–water partition coefficient (Wildman–Crippen LogP) is 1.55. The third-order valence-electron chi connectivity index (χ3n) is 2.62. The first-order chi connectivity index (χ1) is 9.20. The zero-order chi connectivity index (χ0) is 13.2. The fraction of sp³-hybridized carbons (Fsp3) is 0.250. The number of aryl methyl sites for hydroxylation is 1. The maximum atomic E-state index is 11.8. The summed E-state index contributed by atoms with van der Waals surface area (Å²) in [5.41, 5.74) is 1.57. The summed E-state index contributed by atoms with van der Waals surface area (Å²) in [6, 6.07) is 1.80. The second-order valence-corrected chi connectivity index (χ2v) is 5.09. The summed E-state index contributed by atoms with van der Waals surface area (Å²) in [6.07, 6.45) is 4.05. The molecule has 0 radical (unpaired) electrons. The maximum Gasteiger partial charge on any atom is 0.226 e. The van der Waals surface area contributed by atoms with Gasteiger partial charge in [0.05, 0.1) is 24.4 Å². The highest BCUT2D eigenvalue weighted by atomic mass is 32.1. The molecule has 1 amide bonds. The van der Waals surface area contributed by atoms with Crippen molar-refractivity contribution in [2.45, 2.75) is 19.9 Å². The summed E-state index contributed by atoms with van der Waals surface area (Å²) in [4.78, 5) is 17.0. The molecule has 0 fully saturated rings. The molecule has 3 aromatic heterocycles. The van der Waals surface area contributed by atoms with Crippen molar-refractivity contribution in [2.24, 2.45) is 0 Å². The standard InChI is InChI=1S/C12H12N4O2S/c1-8-4-10(18-15-8)6-13-11(17)5-9-7-16-2-3-19-12(16)14-9/h2-4,7H,5-6H2,1H3,(H,13,17). The van der Waals surface area contributed by atoms with Crippen LogP contribution < -0.4 is 5.32 Å². The van der Waals surface area contributed by atoms with Crippen LogP contribution in [0.2, 0.25) is 0 Å². The van der Waals surface area contributed by atoms with Gasteiger partial charge in [0.2, 0.25) is 5.91 Å². The molecule has 0 saturated heterocycles. The molecular formula is C12H12N4O2S. The van der Waals surface area contributed by atoms with Crippen molar-refractivity contribution in [1.29, 1.82) is 0 Å². The Balaban J connectivity index is 1.57. The largest absolute Gasteiger partial charge is 0.359 e. The van der Waals surface area contributed by atoms with Crippen molar-refractivity contribution in [3.8, 4) is 0 Å². The molecule has 0 unspecified atom stereocenters. The highest BCUT2D eigenvalue weighted by Crippen LogP contribution is 2.11. The van der Waals surface area contributed by atoms with Crippen LogP contribution in [0.25, 0.3) is 4.96 Å². The summed E-state index contributed by atoms with van der Waals surface area (Å²) < 4.78 is 6.93. The van der Waals surface area contributed by atoms with E-state index in [1.54, 1.807) is 17.4 Å². The first-order valence-corrected chi connectivity index (χ1v) is 6.68. The molecule has 0 bridgehead atoms. The summed E-state index contributed by atoms with van der Waals surface area (Å²) in [7, 11) is 0. The lowest BCUT2D eigenvalue weighted by atomic mass is 10.3. The van der Waals surface area contributed by atoms with E-state index in [-0.39, 0.29) is 12.3 Å². The van der Waals surface area contributed by atoms with Crippen molar-refractivity contribution in [1.82, 2.24) is 19.9 Å². The number of hydrogen-bond acceptors (Lipinski definition) is 5. The van der Waals surface area contributed by atoms with Gasteiger partial charge in [-0.25, -0.2) is 4.98 Å². The number of thiazole rings is 1. The van der Waals surface area contributed by atoms with E-state index in [9.17, 15) is 4.79 Å². The monoisotopic (exact) mass is 276 g/mol. The van der Waals surface area contributed by atoms with E-state index in [0.29, 0.717) is 12.3 Å². The number of rotatable bonds is 4. The zero-order valence-corrected chi connectivity index (χ0v) is 11.1. The summed E-state index contributed by atoms with van der Waals surface area (Å²) >= 11 is 1.55. The van der Waals surface area contributed by atoms with Crippen LogP contribution in [-0.2, 0) is 17.8 Å². The lowest BCUT2D eigenvalue weighted by Gasteiger charge is -2.00. The number of imidazole rings is 1. The summed E-state index contributed by atoms with van der Waals surface area (Å²) in [6.45, 7) is 2.19. The molecule has 3 aromatic rings. The van der Waals surface area contributed by atoms with Gasteiger partial charge in [-0.15, -0.1) is 11.3 Å². The van der Waals surface area contributed by atoms with Gasteiger partial charge in [-0.3, -0.25) is 9.20 Å². The summed E-state index contributed by atoms with van der Waals surface area (Å²) in [5.74, 6) is 0.566. The molecule has 0 spiro atoms. The molecule has 0 saturated carbocycles. The van der Waals surface area contributed by atoms with E-state index in [2.05, 4.69) is 15.5 Å². The lowest BCUT2D eigenvalue weighted by Crippen LogP contribution is -2.24. The number of carbonyl (C=O) groups excluding carboxylic acids is 1. The maximum absolute atomic E-state index is 11.8. The van der Waals surface area contributed by atoms with Crippen molar-refractivity contribution in [3.05, 3.63) is 41.0 Å². The molecule has 0 atom stereocenters. The Morgan fingerprint density at radius 3 is 3.21 bits per heavy atom. The van der Waals surface area contributed by atoms with Crippen LogP contribution >= 0.6 is 11.3 Å². The van der Waals surface area contributed by atoms with Gasteiger partial charge in [0.15, 0.2) is 10.7 Å². The number of aromatic nitrogens is 3. The van der Waals surface area contributed by atoms with Gasteiger partial charge < -0.3 is 9.84 Å². The van der Waals surface area contributed by atoms with Gasteiger partial charge in [0.25, 0.3) is 0 Å². The van der Waals surface area contributed by atoms with Gasteiger partial charge >= 0.3 is 0 Å². The fourth-order valence-electron chi connectivity index (χ4n) is 1.77. The van der Waals surface area contributed by atoms with E-state index in [1.165, 1.54) is 0 Å². The number of fused-ring (bicyclic) bond motifs is 1. The number of hydrogen-bond donors (Lipinski definition) is 1. The van der Waals surface area contributed by atoms with E-state index >= 15 is 0 Å². The molecule has 6 nitrogen and oxygen atoms in total. The Hall–Kier alpha value is -2.15. The number of nitrogens with one attached hydrogen (secondary N) is 1. The van der Waals surface area contributed by atoms with E-state index < -0.39 is 0 Å². The molecule has 0 aliphatic carbocycles. The second kappa shape index (κ2) is 4.85. The number of amides is 1. The van der Waals surface area contributed by atoms with Crippen LogP contribution in [0.15, 0.2) is 28.4 Å². The fourth-order valence-corrected chi connectivity index (χ4v) is 2.49. The van der Waals surface area contributed by atoms with Crippen LogP contribution in [0.3, 0.4) is 0 Å². The van der Waals surface area contributed by atoms with Gasteiger partial charge in [-0.1, -0.05) is 5.16 Å². The SMILES string of the molecule is Cc1cc(CNC(=O)Cc2cn3ccsc3n2)on1. The molecule has 0 aliphatic rings. The van der Waals surface area contributed by atoms with Gasteiger partial charge in [0, 0.05) is 23.8 Å². The Morgan fingerprint density at radius 2 is 2.47 bits per heavy atom. The number of nitrogens with zero attached hydrogens (tertiary/aromatic N) is 3. The van der Waals surface area contributed by atoms with Crippen molar-refractivity contribution < 1.29 is 9.32 Å². The Morgan fingerprint density at radius 1 is 1.58 bits per heavy atom. The van der Waals surface area contributed by atoms with Crippen molar-refractivity contribution in [3.63, 3.8) is 0 Å². The average Bonchev–Trinajstić information content (AvgIpc) is 3.02. The molecule has 3 rings (SSSR count). The molecule has 7 heteroatoms. The van der Waals surface area contributed by atoms with Gasteiger partial charge in [-0.2, -0.15) is 0 Å². The first-order valence-electron chi connectivity index (χ1n) is 5.81. The third kappa shape index (κ3) is 2.65. The molecular weight excluding hydrogens is 264 g/mol. The minimum atomic E-state index is -0.0835. The van der Waals surface area contributed by atoms with Gasteiger partial charge in [0.1, 0.15) is 0 Å². The molecule has 0 aromatic carbocycles. The summed E-state index contributed by atoms with van der Waals surface area (Å²) in [5, 5.41) is 8.50. The van der Waals surface area contributed by atoms with Crippen LogP contribution in [0.4, 0.5) is 0 Å². The predicted molar refractivity (Wildman–Crippen MR) is 69.9 cm³/mol. The zero-order valence-electron chi connectivity index (χ0n) is 10.3. The molecule has 0 aliphatic heterocycles. The lowest BCUT2D eigenvalue weighted by molar-refractivity contribution is -0.120. The minimum absolute atomic E-state index is 0.0835. The average molecular weight is 276 g/mol. The van der Waals surface area contributed by atoms with Crippen LogP contribution in [0.1, 0.15) is 17.1 Å². The normalized spacial score (nSPS) is 11.0. The Labute approximate surface area is 113 Å². The third-order valence-corrected chi connectivity index (χ3v) is 3.39. The van der Waals surface area contributed by atoms with Crippen molar-refractivity contribution >= 4 is 22.2 Å².